The van der Waals surface area contributed by atoms with Crippen molar-refractivity contribution in [2.75, 3.05) is 6.61 Å². The molecule has 1 aliphatic heterocycles. The molecule has 1 aliphatic rings. The Bertz CT molecular complexity index is 622. The minimum absolute atomic E-state index is 0.0777. The highest BCUT2D eigenvalue weighted by molar-refractivity contribution is 5.86. The predicted octanol–water partition coefficient (Wildman–Crippen LogP) is 2.78. The van der Waals surface area contributed by atoms with E-state index < -0.39 is 6.10 Å². The van der Waals surface area contributed by atoms with E-state index >= 15 is 0 Å². The lowest BCUT2D eigenvalue weighted by molar-refractivity contribution is -0.127. The van der Waals surface area contributed by atoms with Crippen LogP contribution in [-0.4, -0.2) is 18.5 Å². The molecule has 0 saturated heterocycles. The van der Waals surface area contributed by atoms with Gasteiger partial charge in [0.15, 0.2) is 23.4 Å². The van der Waals surface area contributed by atoms with E-state index in [0.29, 0.717) is 11.5 Å². The summed E-state index contributed by atoms with van der Waals surface area (Å²) in [6.07, 6.45) is -0.411. The highest BCUT2D eigenvalue weighted by Crippen LogP contribution is 2.31. The Morgan fingerprint density at radius 1 is 1.10 bits per heavy atom. The van der Waals surface area contributed by atoms with Gasteiger partial charge in [-0.3, -0.25) is 4.79 Å². The summed E-state index contributed by atoms with van der Waals surface area (Å²) >= 11 is 0. The van der Waals surface area contributed by atoms with Crippen molar-refractivity contribution in [2.45, 2.75) is 12.5 Å². The normalized spacial score (nSPS) is 16.8. The van der Waals surface area contributed by atoms with E-state index in [4.69, 9.17) is 9.47 Å². The number of hydrogen-bond acceptors (Lipinski definition) is 3. The third-order valence-electron chi connectivity index (χ3n) is 3.16. The average molecular weight is 272 g/mol. The number of ether oxygens (including phenoxy) is 2. The summed E-state index contributed by atoms with van der Waals surface area (Å²) in [5.41, 5.74) is 0.763. The second-order valence-corrected chi connectivity index (χ2v) is 4.63. The third-order valence-corrected chi connectivity index (χ3v) is 3.16. The van der Waals surface area contributed by atoms with E-state index in [2.05, 4.69) is 0 Å². The first-order valence-corrected chi connectivity index (χ1v) is 6.38. The third kappa shape index (κ3) is 2.64. The van der Waals surface area contributed by atoms with Crippen LogP contribution in [0.5, 0.6) is 11.5 Å². The van der Waals surface area contributed by atoms with Crippen molar-refractivity contribution < 1.29 is 18.7 Å². The monoisotopic (exact) mass is 272 g/mol. The van der Waals surface area contributed by atoms with E-state index in [0.717, 1.165) is 5.56 Å². The first kappa shape index (κ1) is 12.7. The maximum Gasteiger partial charge on any atom is 0.191 e. The van der Waals surface area contributed by atoms with E-state index in [1.54, 1.807) is 24.3 Å². The molecule has 0 spiro atoms. The number of Topliss-reactive ketones (excluding diaryl/α,β-unsaturated/α-hetero) is 1. The van der Waals surface area contributed by atoms with Crippen LogP contribution in [0, 0.1) is 5.82 Å². The summed E-state index contributed by atoms with van der Waals surface area (Å²) in [5, 5.41) is 0. The van der Waals surface area contributed by atoms with Gasteiger partial charge < -0.3 is 9.47 Å². The minimum Gasteiger partial charge on any atom is -0.485 e. The maximum atomic E-state index is 12.8. The van der Waals surface area contributed by atoms with Crippen LogP contribution in [0.4, 0.5) is 4.39 Å². The van der Waals surface area contributed by atoms with Crippen molar-refractivity contribution in [2.24, 2.45) is 0 Å². The van der Waals surface area contributed by atoms with Gasteiger partial charge in [0.2, 0.25) is 0 Å². The molecular formula is C16H13FO3. The van der Waals surface area contributed by atoms with E-state index in [-0.39, 0.29) is 24.6 Å². The second-order valence-electron chi connectivity index (χ2n) is 4.63. The van der Waals surface area contributed by atoms with Crippen molar-refractivity contribution in [3.05, 3.63) is 59.9 Å². The molecule has 102 valence electrons. The Morgan fingerprint density at radius 3 is 2.55 bits per heavy atom. The van der Waals surface area contributed by atoms with Gasteiger partial charge in [0.25, 0.3) is 0 Å². The van der Waals surface area contributed by atoms with Gasteiger partial charge in [-0.05, 0) is 29.8 Å². The van der Waals surface area contributed by atoms with Crippen molar-refractivity contribution >= 4 is 5.78 Å². The molecule has 1 unspecified atom stereocenters. The SMILES string of the molecule is O=C(Cc1ccc(F)cc1)C1COc2ccccc2O1. The zero-order chi connectivity index (χ0) is 13.9. The average Bonchev–Trinajstić information content (AvgIpc) is 2.49. The van der Waals surface area contributed by atoms with Gasteiger partial charge in [-0.2, -0.15) is 0 Å². The van der Waals surface area contributed by atoms with Crippen LogP contribution in [0.2, 0.25) is 0 Å². The van der Waals surface area contributed by atoms with Crippen LogP contribution < -0.4 is 9.47 Å². The molecule has 2 aromatic carbocycles. The van der Waals surface area contributed by atoms with Crippen LogP contribution in [0.15, 0.2) is 48.5 Å². The summed E-state index contributed by atoms with van der Waals surface area (Å²) in [7, 11) is 0. The number of ketones is 1. The summed E-state index contributed by atoms with van der Waals surface area (Å²) in [6.45, 7) is 0.205. The Hall–Kier alpha value is -2.36. The van der Waals surface area contributed by atoms with Gasteiger partial charge in [0, 0.05) is 6.42 Å². The zero-order valence-electron chi connectivity index (χ0n) is 10.7. The number of benzene rings is 2. The highest BCUT2D eigenvalue weighted by atomic mass is 19.1. The lowest BCUT2D eigenvalue weighted by Gasteiger charge is -2.25. The quantitative estimate of drug-likeness (QED) is 0.862. The van der Waals surface area contributed by atoms with Gasteiger partial charge in [0.1, 0.15) is 12.4 Å². The standard InChI is InChI=1S/C16H13FO3/c17-12-7-5-11(6-8-12)9-13(18)16-10-19-14-3-1-2-4-15(14)20-16/h1-8,16H,9-10H2. The van der Waals surface area contributed by atoms with Crippen LogP contribution in [-0.2, 0) is 11.2 Å². The molecule has 0 saturated carbocycles. The molecule has 4 heteroatoms. The first-order valence-electron chi connectivity index (χ1n) is 6.38. The van der Waals surface area contributed by atoms with Gasteiger partial charge in [-0.1, -0.05) is 24.3 Å². The number of para-hydroxylation sites is 2. The largest absolute Gasteiger partial charge is 0.485 e. The maximum absolute atomic E-state index is 12.8. The fraction of sp³-hybridized carbons (Fsp3) is 0.188. The van der Waals surface area contributed by atoms with Crippen LogP contribution in [0.25, 0.3) is 0 Å². The lowest BCUT2D eigenvalue weighted by Crippen LogP contribution is -2.37. The first-order chi connectivity index (χ1) is 9.72. The van der Waals surface area contributed by atoms with E-state index in [9.17, 15) is 9.18 Å². The number of halogens is 1. The van der Waals surface area contributed by atoms with Crippen molar-refractivity contribution in [1.82, 2.24) is 0 Å². The Labute approximate surface area is 115 Å². The molecule has 1 heterocycles. The summed E-state index contributed by atoms with van der Waals surface area (Å²) in [4.78, 5) is 12.2. The highest BCUT2D eigenvalue weighted by Gasteiger charge is 2.26. The summed E-state index contributed by atoms with van der Waals surface area (Å²) < 4.78 is 24.0. The molecule has 1 atom stereocenters. The Kier molecular flexibility index (Phi) is 3.37. The molecule has 3 rings (SSSR count). The zero-order valence-corrected chi connectivity index (χ0v) is 10.7. The molecule has 3 nitrogen and oxygen atoms in total. The molecule has 2 aromatic rings. The Morgan fingerprint density at radius 2 is 1.80 bits per heavy atom. The molecule has 0 aromatic heterocycles. The van der Waals surface area contributed by atoms with Gasteiger partial charge >= 0.3 is 0 Å². The smallest absolute Gasteiger partial charge is 0.191 e. The number of hydrogen-bond donors (Lipinski definition) is 0. The molecule has 0 amide bonds. The van der Waals surface area contributed by atoms with E-state index in [1.807, 2.05) is 12.1 Å². The molecular weight excluding hydrogens is 259 g/mol. The number of carbonyl (C=O) groups excluding carboxylic acids is 1. The van der Waals surface area contributed by atoms with Gasteiger partial charge in [-0.25, -0.2) is 4.39 Å². The van der Waals surface area contributed by atoms with Crippen LogP contribution in [0.1, 0.15) is 5.56 Å². The van der Waals surface area contributed by atoms with Crippen LogP contribution in [0.3, 0.4) is 0 Å². The molecule has 0 bridgehead atoms. The molecule has 0 aliphatic carbocycles. The van der Waals surface area contributed by atoms with Gasteiger partial charge in [0.05, 0.1) is 0 Å². The lowest BCUT2D eigenvalue weighted by atomic mass is 10.1. The number of rotatable bonds is 3. The summed E-state index contributed by atoms with van der Waals surface area (Å²) in [5.74, 6) is 0.841. The molecule has 0 radical (unpaired) electrons. The van der Waals surface area contributed by atoms with Crippen molar-refractivity contribution in [3.8, 4) is 11.5 Å². The van der Waals surface area contributed by atoms with Gasteiger partial charge in [-0.15, -0.1) is 0 Å². The second kappa shape index (κ2) is 5.33. The van der Waals surface area contributed by atoms with Crippen molar-refractivity contribution in [3.63, 3.8) is 0 Å². The predicted molar refractivity (Wildman–Crippen MR) is 71.5 cm³/mol. The summed E-state index contributed by atoms with van der Waals surface area (Å²) in [6, 6.07) is 13.1. The molecule has 0 N–H and O–H groups in total. The molecule has 20 heavy (non-hydrogen) atoms. The van der Waals surface area contributed by atoms with Crippen LogP contribution >= 0.6 is 0 Å². The number of carbonyl (C=O) groups is 1. The minimum atomic E-state index is -0.616. The topological polar surface area (TPSA) is 35.5 Å². The molecule has 0 fully saturated rings. The number of fused-ring (bicyclic) bond motifs is 1. The van der Waals surface area contributed by atoms with Crippen molar-refractivity contribution in [1.29, 1.82) is 0 Å². The fourth-order valence-corrected chi connectivity index (χ4v) is 2.10. The Balaban J connectivity index is 1.68. The fourth-order valence-electron chi connectivity index (χ4n) is 2.10. The van der Waals surface area contributed by atoms with E-state index in [1.165, 1.54) is 12.1 Å².